The third kappa shape index (κ3) is 2.04. The lowest BCUT2D eigenvalue weighted by molar-refractivity contribution is -0.427. The van der Waals surface area contributed by atoms with Crippen molar-refractivity contribution in [3.05, 3.63) is 64.0 Å². The SMILES string of the molecule is [2H]c1cccc(NC2=C([N+](=O)[O-])CC=C2)c1. The molecule has 0 saturated heterocycles. The summed E-state index contributed by atoms with van der Waals surface area (Å²) in [6.07, 6.45) is 3.77. The largest absolute Gasteiger partial charge is 0.350 e. The molecule has 0 bridgehead atoms. The molecule has 0 spiro atoms. The van der Waals surface area contributed by atoms with E-state index in [1.54, 1.807) is 36.4 Å². The zero-order valence-electron chi connectivity index (χ0n) is 8.93. The lowest BCUT2D eigenvalue weighted by atomic mass is 10.3. The van der Waals surface area contributed by atoms with Crippen LogP contribution in [0.3, 0.4) is 0 Å². The summed E-state index contributed by atoms with van der Waals surface area (Å²) in [4.78, 5) is 10.3. The average molecular weight is 203 g/mol. The highest BCUT2D eigenvalue weighted by molar-refractivity contribution is 5.52. The molecule has 1 aromatic rings. The summed E-state index contributed by atoms with van der Waals surface area (Å²) in [5.74, 6) is 0. The molecule has 0 aromatic heterocycles. The van der Waals surface area contributed by atoms with E-state index >= 15 is 0 Å². The molecule has 0 fully saturated rings. The van der Waals surface area contributed by atoms with Crippen LogP contribution in [0.1, 0.15) is 7.79 Å². The lowest BCUT2D eigenvalue weighted by Crippen LogP contribution is -2.04. The van der Waals surface area contributed by atoms with Crippen molar-refractivity contribution in [2.75, 3.05) is 5.32 Å². The topological polar surface area (TPSA) is 55.2 Å². The predicted molar refractivity (Wildman–Crippen MR) is 57.8 cm³/mol. The van der Waals surface area contributed by atoms with Gasteiger partial charge in [0.05, 0.1) is 12.7 Å². The number of anilines is 1. The first-order chi connectivity index (χ1) is 7.66. The van der Waals surface area contributed by atoms with Crippen LogP contribution in [0.5, 0.6) is 0 Å². The molecular weight excluding hydrogens is 192 g/mol. The van der Waals surface area contributed by atoms with Crippen molar-refractivity contribution in [2.24, 2.45) is 0 Å². The van der Waals surface area contributed by atoms with Gasteiger partial charge in [-0.05, 0) is 18.2 Å². The highest BCUT2D eigenvalue weighted by Gasteiger charge is 2.19. The summed E-state index contributed by atoms with van der Waals surface area (Å²) < 4.78 is 7.44. The Bertz CT molecular complexity index is 495. The maximum Gasteiger partial charge on any atom is 0.273 e. The number of allylic oxidation sites excluding steroid dienone is 2. The van der Waals surface area contributed by atoms with E-state index in [-0.39, 0.29) is 10.6 Å². The quantitative estimate of drug-likeness (QED) is 0.606. The summed E-state index contributed by atoms with van der Waals surface area (Å²) in [7, 11) is 0. The van der Waals surface area contributed by atoms with E-state index in [9.17, 15) is 10.1 Å². The van der Waals surface area contributed by atoms with Crippen LogP contribution in [0.4, 0.5) is 5.69 Å². The molecule has 1 aliphatic carbocycles. The van der Waals surface area contributed by atoms with Crippen LogP contribution in [0.15, 0.2) is 53.9 Å². The van der Waals surface area contributed by atoms with Gasteiger partial charge in [-0.3, -0.25) is 10.1 Å². The molecule has 0 aliphatic heterocycles. The van der Waals surface area contributed by atoms with Gasteiger partial charge < -0.3 is 5.32 Å². The Morgan fingerprint density at radius 1 is 1.47 bits per heavy atom. The van der Waals surface area contributed by atoms with Crippen LogP contribution in [0, 0.1) is 10.1 Å². The molecule has 1 N–H and O–H groups in total. The number of para-hydroxylation sites is 1. The third-order valence-corrected chi connectivity index (χ3v) is 2.11. The van der Waals surface area contributed by atoms with Gasteiger partial charge in [-0.1, -0.05) is 24.3 Å². The maximum atomic E-state index is 10.7. The van der Waals surface area contributed by atoms with Crippen LogP contribution in [-0.4, -0.2) is 4.92 Å². The van der Waals surface area contributed by atoms with Gasteiger partial charge in [-0.25, -0.2) is 0 Å². The highest BCUT2D eigenvalue weighted by atomic mass is 16.6. The molecule has 0 amide bonds. The van der Waals surface area contributed by atoms with Crippen LogP contribution >= 0.6 is 0 Å². The fourth-order valence-corrected chi connectivity index (χ4v) is 1.41. The van der Waals surface area contributed by atoms with Gasteiger partial charge in [0, 0.05) is 5.69 Å². The van der Waals surface area contributed by atoms with Crippen molar-refractivity contribution in [3.8, 4) is 0 Å². The predicted octanol–water partition coefficient (Wildman–Crippen LogP) is 2.55. The molecule has 1 aromatic carbocycles. The van der Waals surface area contributed by atoms with E-state index in [0.29, 0.717) is 23.8 Å². The highest BCUT2D eigenvalue weighted by Crippen LogP contribution is 2.21. The molecule has 0 unspecified atom stereocenters. The van der Waals surface area contributed by atoms with E-state index < -0.39 is 0 Å². The minimum absolute atomic E-state index is 0.162. The Balaban J connectivity index is 2.24. The summed E-state index contributed by atoms with van der Waals surface area (Å²) in [6.45, 7) is 0. The first kappa shape index (κ1) is 8.23. The van der Waals surface area contributed by atoms with Gasteiger partial charge in [0.15, 0.2) is 0 Å². The van der Waals surface area contributed by atoms with Gasteiger partial charge >= 0.3 is 0 Å². The second-order valence-corrected chi connectivity index (χ2v) is 3.14. The van der Waals surface area contributed by atoms with Gasteiger partial charge in [0.25, 0.3) is 5.70 Å². The van der Waals surface area contributed by atoms with Crippen molar-refractivity contribution < 1.29 is 6.29 Å². The van der Waals surface area contributed by atoms with Crippen molar-refractivity contribution in [1.82, 2.24) is 0 Å². The van der Waals surface area contributed by atoms with E-state index in [0.717, 1.165) is 0 Å². The molecule has 4 heteroatoms. The normalized spacial score (nSPS) is 15.3. The molecule has 0 heterocycles. The van der Waals surface area contributed by atoms with E-state index in [1.165, 1.54) is 0 Å². The number of nitro groups is 1. The Hall–Kier alpha value is -2.10. The Kier molecular flexibility index (Phi) is 2.17. The van der Waals surface area contributed by atoms with Crippen molar-refractivity contribution >= 4 is 5.69 Å². The Morgan fingerprint density at radius 2 is 2.33 bits per heavy atom. The average Bonchev–Trinajstić information content (AvgIpc) is 2.66. The zero-order valence-corrected chi connectivity index (χ0v) is 7.93. The van der Waals surface area contributed by atoms with Gasteiger partial charge in [0.1, 0.15) is 5.70 Å². The van der Waals surface area contributed by atoms with Crippen LogP contribution in [0.2, 0.25) is 0 Å². The van der Waals surface area contributed by atoms with Gasteiger partial charge in [0.2, 0.25) is 0 Å². The summed E-state index contributed by atoms with van der Waals surface area (Å²) in [5, 5.41) is 13.6. The van der Waals surface area contributed by atoms with Crippen molar-refractivity contribution in [2.45, 2.75) is 6.42 Å². The van der Waals surface area contributed by atoms with E-state index in [4.69, 9.17) is 1.37 Å². The number of hydrogen-bond donors (Lipinski definition) is 1. The lowest BCUT2D eigenvalue weighted by Gasteiger charge is -2.04. The van der Waals surface area contributed by atoms with E-state index in [2.05, 4.69) is 5.32 Å². The molecule has 0 saturated carbocycles. The van der Waals surface area contributed by atoms with Crippen LogP contribution in [-0.2, 0) is 0 Å². The number of benzene rings is 1. The van der Waals surface area contributed by atoms with Crippen LogP contribution in [0.25, 0.3) is 0 Å². The zero-order chi connectivity index (χ0) is 11.5. The molecular formula is C11H10N2O2. The molecule has 76 valence electrons. The summed E-state index contributed by atoms with van der Waals surface area (Å²) in [5.41, 5.74) is 1.35. The smallest absolute Gasteiger partial charge is 0.273 e. The van der Waals surface area contributed by atoms with Gasteiger partial charge in [-0.2, -0.15) is 0 Å². The Labute approximate surface area is 88.5 Å². The first-order valence-corrected chi connectivity index (χ1v) is 4.54. The molecule has 0 radical (unpaired) electrons. The number of nitrogens with one attached hydrogen (secondary N) is 1. The fourth-order valence-electron chi connectivity index (χ4n) is 1.41. The minimum Gasteiger partial charge on any atom is -0.350 e. The standard InChI is InChI=1S/C11H10N2O2/c14-13(15)11-8-4-7-10(11)12-9-5-2-1-3-6-9/h1-7,12H,8H2/i2D. The minimum atomic E-state index is -0.382. The monoisotopic (exact) mass is 203 g/mol. The van der Waals surface area contributed by atoms with Crippen LogP contribution < -0.4 is 5.32 Å². The molecule has 15 heavy (non-hydrogen) atoms. The number of nitrogens with zero attached hydrogens (tertiary/aromatic N) is 1. The molecule has 4 nitrogen and oxygen atoms in total. The first-order valence-electron chi connectivity index (χ1n) is 5.04. The third-order valence-electron chi connectivity index (χ3n) is 2.11. The number of rotatable bonds is 3. The molecule has 1 aliphatic rings. The second kappa shape index (κ2) is 3.96. The van der Waals surface area contributed by atoms with E-state index in [1.807, 2.05) is 0 Å². The van der Waals surface area contributed by atoms with Crippen molar-refractivity contribution in [3.63, 3.8) is 0 Å². The molecule has 0 atom stereocenters. The summed E-state index contributed by atoms with van der Waals surface area (Å²) in [6, 6.07) is 7.15. The van der Waals surface area contributed by atoms with Gasteiger partial charge in [-0.15, -0.1) is 0 Å². The second-order valence-electron chi connectivity index (χ2n) is 3.14. The maximum absolute atomic E-state index is 10.7. The Morgan fingerprint density at radius 3 is 3.07 bits per heavy atom. The van der Waals surface area contributed by atoms with Crippen molar-refractivity contribution in [1.29, 1.82) is 0 Å². The fraction of sp³-hybridized carbons (Fsp3) is 0.0909. The molecule has 2 rings (SSSR count). The number of hydrogen-bond acceptors (Lipinski definition) is 3. The summed E-state index contributed by atoms with van der Waals surface area (Å²) >= 11 is 0.